The van der Waals surface area contributed by atoms with Gasteiger partial charge in [-0.3, -0.25) is 4.68 Å². The van der Waals surface area contributed by atoms with Crippen molar-refractivity contribution in [3.8, 4) is 0 Å². The van der Waals surface area contributed by atoms with Gasteiger partial charge in [-0.15, -0.1) is 0 Å². The van der Waals surface area contributed by atoms with E-state index in [2.05, 4.69) is 15.7 Å². The number of aliphatic hydroxyl groups excluding tert-OH is 1. The van der Waals surface area contributed by atoms with E-state index < -0.39 is 0 Å². The quantitative estimate of drug-likeness (QED) is 0.794. The summed E-state index contributed by atoms with van der Waals surface area (Å²) in [5.41, 5.74) is 2.27. The predicted molar refractivity (Wildman–Crippen MR) is 83.5 cm³/mol. The molecule has 2 aliphatic rings. The van der Waals surface area contributed by atoms with Crippen molar-refractivity contribution < 1.29 is 9.90 Å². The number of hydrogen-bond acceptors (Lipinski definition) is 3. The Morgan fingerprint density at radius 2 is 2.05 bits per heavy atom. The van der Waals surface area contributed by atoms with Crippen molar-refractivity contribution in [1.29, 1.82) is 0 Å². The van der Waals surface area contributed by atoms with Crippen LogP contribution in [0, 0.1) is 0 Å². The molecule has 1 aromatic heterocycles. The average Bonchev–Trinajstić information content (AvgIpc) is 2.93. The Kier molecular flexibility index (Phi) is 4.97. The molecule has 22 heavy (non-hydrogen) atoms. The maximum atomic E-state index is 12.2. The summed E-state index contributed by atoms with van der Waals surface area (Å²) in [6.07, 6.45) is 10.7. The van der Waals surface area contributed by atoms with E-state index >= 15 is 0 Å². The Morgan fingerprint density at radius 1 is 1.23 bits per heavy atom. The summed E-state index contributed by atoms with van der Waals surface area (Å²) >= 11 is 0. The molecule has 3 N–H and O–H groups in total. The number of rotatable bonds is 4. The highest BCUT2D eigenvalue weighted by Gasteiger charge is 2.26. The summed E-state index contributed by atoms with van der Waals surface area (Å²) in [4.78, 5) is 12.2. The van der Waals surface area contributed by atoms with Crippen molar-refractivity contribution in [3.63, 3.8) is 0 Å². The normalized spacial score (nSPS) is 22.1. The number of urea groups is 1. The molecular formula is C16H26N4O2. The molecule has 1 saturated carbocycles. The van der Waals surface area contributed by atoms with E-state index in [4.69, 9.17) is 5.11 Å². The molecule has 0 saturated heterocycles. The maximum Gasteiger partial charge on any atom is 0.315 e. The molecule has 1 atom stereocenters. The van der Waals surface area contributed by atoms with Crippen molar-refractivity contribution in [3.05, 3.63) is 17.5 Å². The SMILES string of the molecule is O=C(NC1CCCCC1)N[C@H]1CCCc2c1cnn2CCO. The number of fused-ring (bicyclic) bond motifs is 1. The summed E-state index contributed by atoms with van der Waals surface area (Å²) in [6, 6.07) is 0.313. The van der Waals surface area contributed by atoms with Crippen LogP contribution in [0.1, 0.15) is 62.2 Å². The molecule has 2 aliphatic carbocycles. The van der Waals surface area contributed by atoms with Gasteiger partial charge in [-0.05, 0) is 32.1 Å². The standard InChI is InChI=1S/C16H26N4O2/c21-10-9-20-15-8-4-7-14(13(15)11-17-20)19-16(22)18-12-5-2-1-3-6-12/h11-12,14,21H,1-10H2,(H2,18,19,22)/t14-/m0/s1. The van der Waals surface area contributed by atoms with E-state index in [-0.39, 0.29) is 18.7 Å². The Hall–Kier alpha value is -1.56. The van der Waals surface area contributed by atoms with Gasteiger partial charge in [0.2, 0.25) is 0 Å². The summed E-state index contributed by atoms with van der Waals surface area (Å²) in [5, 5.41) is 19.7. The fraction of sp³-hybridized carbons (Fsp3) is 0.750. The second-order valence-electron chi connectivity index (χ2n) is 6.39. The first-order chi connectivity index (χ1) is 10.8. The highest BCUT2D eigenvalue weighted by molar-refractivity contribution is 5.74. The van der Waals surface area contributed by atoms with E-state index in [0.29, 0.717) is 12.6 Å². The zero-order valence-electron chi connectivity index (χ0n) is 13.1. The van der Waals surface area contributed by atoms with E-state index in [1.807, 2.05) is 10.9 Å². The molecule has 0 radical (unpaired) electrons. The number of carbonyl (C=O) groups is 1. The fourth-order valence-electron chi connectivity index (χ4n) is 3.69. The number of carbonyl (C=O) groups excluding carboxylic acids is 1. The fourth-order valence-corrected chi connectivity index (χ4v) is 3.69. The lowest BCUT2D eigenvalue weighted by Crippen LogP contribution is -2.44. The van der Waals surface area contributed by atoms with Crippen LogP contribution in [0.4, 0.5) is 4.79 Å². The van der Waals surface area contributed by atoms with Gasteiger partial charge >= 0.3 is 6.03 Å². The minimum Gasteiger partial charge on any atom is -0.394 e. The first-order valence-corrected chi connectivity index (χ1v) is 8.50. The van der Waals surface area contributed by atoms with Gasteiger partial charge in [-0.1, -0.05) is 19.3 Å². The van der Waals surface area contributed by atoms with Crippen molar-refractivity contribution in [2.75, 3.05) is 6.61 Å². The molecule has 0 bridgehead atoms. The van der Waals surface area contributed by atoms with Crippen molar-refractivity contribution >= 4 is 6.03 Å². The molecule has 6 nitrogen and oxygen atoms in total. The number of nitrogens with zero attached hydrogens (tertiary/aromatic N) is 2. The van der Waals surface area contributed by atoms with Crippen LogP contribution in [0.2, 0.25) is 0 Å². The first-order valence-electron chi connectivity index (χ1n) is 8.50. The van der Waals surface area contributed by atoms with Gasteiger partial charge in [0.1, 0.15) is 0 Å². The molecule has 122 valence electrons. The van der Waals surface area contributed by atoms with Crippen LogP contribution in [0.5, 0.6) is 0 Å². The monoisotopic (exact) mass is 306 g/mol. The van der Waals surface area contributed by atoms with Gasteiger partial charge in [-0.2, -0.15) is 5.10 Å². The van der Waals surface area contributed by atoms with Crippen molar-refractivity contribution in [2.24, 2.45) is 0 Å². The van der Waals surface area contributed by atoms with Crippen LogP contribution in [0.25, 0.3) is 0 Å². The van der Waals surface area contributed by atoms with E-state index in [9.17, 15) is 4.79 Å². The van der Waals surface area contributed by atoms with Gasteiger partial charge < -0.3 is 15.7 Å². The third-order valence-electron chi connectivity index (χ3n) is 4.82. The topological polar surface area (TPSA) is 79.2 Å². The summed E-state index contributed by atoms with van der Waals surface area (Å²) in [7, 11) is 0. The zero-order valence-corrected chi connectivity index (χ0v) is 13.1. The molecule has 1 aromatic rings. The molecule has 0 spiro atoms. The predicted octanol–water partition coefficient (Wildman–Crippen LogP) is 1.88. The van der Waals surface area contributed by atoms with E-state index in [1.165, 1.54) is 19.3 Å². The molecule has 1 heterocycles. The number of nitrogens with one attached hydrogen (secondary N) is 2. The second-order valence-corrected chi connectivity index (χ2v) is 6.39. The number of amides is 2. The minimum absolute atomic E-state index is 0.0415. The third kappa shape index (κ3) is 3.43. The van der Waals surface area contributed by atoms with Crippen LogP contribution in [-0.2, 0) is 13.0 Å². The molecule has 0 aromatic carbocycles. The molecule has 2 amide bonds. The molecule has 6 heteroatoms. The smallest absolute Gasteiger partial charge is 0.315 e. The van der Waals surface area contributed by atoms with Gasteiger partial charge in [0, 0.05) is 17.3 Å². The molecular weight excluding hydrogens is 280 g/mol. The number of hydrogen-bond donors (Lipinski definition) is 3. The Labute approximate surface area is 131 Å². The highest BCUT2D eigenvalue weighted by atomic mass is 16.3. The lowest BCUT2D eigenvalue weighted by molar-refractivity contribution is 0.227. The van der Waals surface area contributed by atoms with Crippen molar-refractivity contribution in [1.82, 2.24) is 20.4 Å². The largest absolute Gasteiger partial charge is 0.394 e. The van der Waals surface area contributed by atoms with Crippen LogP contribution in [0.3, 0.4) is 0 Å². The Bertz CT molecular complexity index is 508. The maximum absolute atomic E-state index is 12.2. The minimum atomic E-state index is -0.0559. The van der Waals surface area contributed by atoms with Crippen LogP contribution in [-0.4, -0.2) is 33.6 Å². The Balaban J connectivity index is 1.60. The lowest BCUT2D eigenvalue weighted by Gasteiger charge is -2.27. The van der Waals surface area contributed by atoms with Gasteiger partial charge in [0.05, 0.1) is 25.4 Å². The van der Waals surface area contributed by atoms with E-state index in [0.717, 1.165) is 43.4 Å². The summed E-state index contributed by atoms with van der Waals surface area (Å²) < 4.78 is 1.86. The molecule has 3 rings (SSSR count). The number of aromatic nitrogens is 2. The molecule has 0 unspecified atom stereocenters. The van der Waals surface area contributed by atoms with Crippen LogP contribution >= 0.6 is 0 Å². The van der Waals surface area contributed by atoms with Crippen LogP contribution < -0.4 is 10.6 Å². The highest BCUT2D eigenvalue weighted by Crippen LogP contribution is 2.29. The van der Waals surface area contributed by atoms with Crippen molar-refractivity contribution in [2.45, 2.75) is 70.0 Å². The van der Waals surface area contributed by atoms with Crippen LogP contribution in [0.15, 0.2) is 6.20 Å². The van der Waals surface area contributed by atoms with Gasteiger partial charge in [-0.25, -0.2) is 4.79 Å². The zero-order chi connectivity index (χ0) is 15.4. The second kappa shape index (κ2) is 7.13. The number of aliphatic hydroxyl groups is 1. The average molecular weight is 306 g/mol. The third-order valence-corrected chi connectivity index (χ3v) is 4.82. The molecule has 1 fully saturated rings. The summed E-state index contributed by atoms with van der Waals surface area (Å²) in [5.74, 6) is 0. The van der Waals surface area contributed by atoms with E-state index in [1.54, 1.807) is 0 Å². The Morgan fingerprint density at radius 3 is 2.82 bits per heavy atom. The summed E-state index contributed by atoms with van der Waals surface area (Å²) in [6.45, 7) is 0.616. The first kappa shape index (κ1) is 15.3. The van der Waals surface area contributed by atoms with Gasteiger partial charge in [0.15, 0.2) is 0 Å². The molecule has 0 aliphatic heterocycles. The van der Waals surface area contributed by atoms with Gasteiger partial charge in [0.25, 0.3) is 0 Å². The lowest BCUT2D eigenvalue weighted by atomic mass is 9.93.